The number of methoxy groups -OCH3 is 2. The molecule has 0 bridgehead atoms. The Morgan fingerprint density at radius 3 is 2.23 bits per heavy atom. The van der Waals surface area contributed by atoms with E-state index in [1.54, 1.807) is 50.6 Å². The van der Waals surface area contributed by atoms with Crippen molar-refractivity contribution in [1.82, 2.24) is 0 Å². The Balaban J connectivity index is 2.18. The van der Waals surface area contributed by atoms with Crippen LogP contribution in [0.4, 0.5) is 0 Å². The van der Waals surface area contributed by atoms with Crippen LogP contribution in [0.1, 0.15) is 0 Å². The molecule has 0 aliphatic carbocycles. The summed E-state index contributed by atoms with van der Waals surface area (Å²) >= 11 is 0. The van der Waals surface area contributed by atoms with Crippen molar-refractivity contribution < 1.29 is 18.3 Å². The largest absolute Gasteiger partial charge is 0.497 e. The number of benzene rings is 2. The van der Waals surface area contributed by atoms with Crippen molar-refractivity contribution >= 4 is 33.1 Å². The first kappa shape index (κ1) is 12.8. The highest BCUT2D eigenvalue weighted by Gasteiger charge is 2.16. The fraction of sp³-hybridized carbons (Fsp3) is 0.118. The SMILES string of the molecule is COc1ccc2c(=O)c3oc4ccc(OC)cc4c3oc2c1. The summed E-state index contributed by atoms with van der Waals surface area (Å²) in [6.45, 7) is 0. The topological polar surface area (TPSA) is 61.8 Å². The monoisotopic (exact) mass is 296 g/mol. The normalized spacial score (nSPS) is 11.4. The van der Waals surface area contributed by atoms with Crippen LogP contribution in [0.5, 0.6) is 11.5 Å². The third kappa shape index (κ3) is 1.69. The lowest BCUT2D eigenvalue weighted by molar-refractivity contribution is 0.414. The number of ether oxygens (including phenoxy) is 2. The van der Waals surface area contributed by atoms with Crippen molar-refractivity contribution in [3.63, 3.8) is 0 Å². The van der Waals surface area contributed by atoms with Gasteiger partial charge in [0, 0.05) is 6.07 Å². The Morgan fingerprint density at radius 2 is 1.45 bits per heavy atom. The van der Waals surface area contributed by atoms with Gasteiger partial charge in [-0.2, -0.15) is 0 Å². The van der Waals surface area contributed by atoms with Crippen molar-refractivity contribution in [2.24, 2.45) is 0 Å². The Labute approximate surface area is 124 Å². The summed E-state index contributed by atoms with van der Waals surface area (Å²) < 4.78 is 21.9. The van der Waals surface area contributed by atoms with Crippen LogP contribution in [0.15, 0.2) is 50.0 Å². The van der Waals surface area contributed by atoms with Gasteiger partial charge in [0.2, 0.25) is 11.0 Å². The molecule has 2 heterocycles. The number of hydrogen-bond acceptors (Lipinski definition) is 5. The van der Waals surface area contributed by atoms with E-state index in [-0.39, 0.29) is 11.0 Å². The summed E-state index contributed by atoms with van der Waals surface area (Å²) in [4.78, 5) is 12.6. The molecule has 0 amide bonds. The molecule has 0 radical (unpaired) electrons. The Morgan fingerprint density at radius 1 is 0.773 bits per heavy atom. The minimum atomic E-state index is -0.200. The molecule has 4 rings (SSSR count). The molecule has 0 saturated heterocycles. The zero-order valence-electron chi connectivity index (χ0n) is 12.0. The molecule has 2 aromatic carbocycles. The molecule has 0 fully saturated rings. The first-order valence-electron chi connectivity index (χ1n) is 6.72. The number of furan rings is 1. The zero-order valence-corrected chi connectivity index (χ0v) is 12.0. The number of rotatable bonds is 2. The molecule has 110 valence electrons. The van der Waals surface area contributed by atoms with Gasteiger partial charge in [0.1, 0.15) is 22.7 Å². The third-order valence-corrected chi connectivity index (χ3v) is 3.70. The van der Waals surface area contributed by atoms with Crippen molar-refractivity contribution in [1.29, 1.82) is 0 Å². The van der Waals surface area contributed by atoms with Gasteiger partial charge in [-0.3, -0.25) is 4.79 Å². The molecular weight excluding hydrogens is 284 g/mol. The molecule has 5 nitrogen and oxygen atoms in total. The Kier molecular flexibility index (Phi) is 2.63. The predicted octanol–water partition coefficient (Wildman–Crippen LogP) is 3.71. The van der Waals surface area contributed by atoms with Crippen molar-refractivity contribution in [2.75, 3.05) is 14.2 Å². The standard InChI is InChI=1S/C17H12O5/c1-19-9-4-6-13-12(7-9)16-17(21-13)15(18)11-5-3-10(20-2)8-14(11)22-16/h3-8H,1-2H3. The van der Waals surface area contributed by atoms with E-state index < -0.39 is 0 Å². The molecule has 22 heavy (non-hydrogen) atoms. The van der Waals surface area contributed by atoms with Gasteiger partial charge in [-0.25, -0.2) is 0 Å². The molecule has 2 aromatic heterocycles. The van der Waals surface area contributed by atoms with Crippen molar-refractivity contribution in [2.45, 2.75) is 0 Å². The minimum absolute atomic E-state index is 0.200. The van der Waals surface area contributed by atoms with Gasteiger partial charge < -0.3 is 18.3 Å². The second-order valence-corrected chi connectivity index (χ2v) is 4.92. The average molecular weight is 296 g/mol. The summed E-state index contributed by atoms with van der Waals surface area (Å²) in [6, 6.07) is 10.4. The molecular formula is C17H12O5. The van der Waals surface area contributed by atoms with Crippen molar-refractivity contribution in [3.8, 4) is 11.5 Å². The highest BCUT2D eigenvalue weighted by atomic mass is 16.5. The quantitative estimate of drug-likeness (QED) is 0.564. The van der Waals surface area contributed by atoms with Crippen LogP contribution in [0.2, 0.25) is 0 Å². The summed E-state index contributed by atoms with van der Waals surface area (Å²) in [7, 11) is 3.15. The van der Waals surface area contributed by atoms with Gasteiger partial charge in [0.05, 0.1) is 25.0 Å². The van der Waals surface area contributed by atoms with Crippen LogP contribution in [-0.4, -0.2) is 14.2 Å². The zero-order chi connectivity index (χ0) is 15.3. The van der Waals surface area contributed by atoms with E-state index in [9.17, 15) is 4.79 Å². The molecule has 5 heteroatoms. The van der Waals surface area contributed by atoms with Crippen LogP contribution in [-0.2, 0) is 0 Å². The molecule has 0 saturated carbocycles. The molecule has 0 N–H and O–H groups in total. The van der Waals surface area contributed by atoms with Crippen LogP contribution in [0.3, 0.4) is 0 Å². The molecule has 0 atom stereocenters. The molecule has 0 unspecified atom stereocenters. The first-order chi connectivity index (χ1) is 10.7. The summed E-state index contributed by atoms with van der Waals surface area (Å²) in [5.74, 6) is 1.30. The lowest BCUT2D eigenvalue weighted by Crippen LogP contribution is -2.00. The average Bonchev–Trinajstić information content (AvgIpc) is 2.92. The fourth-order valence-electron chi connectivity index (χ4n) is 2.57. The summed E-state index contributed by atoms with van der Waals surface area (Å²) in [5, 5.41) is 1.16. The lowest BCUT2D eigenvalue weighted by atomic mass is 10.2. The van der Waals surface area contributed by atoms with Crippen molar-refractivity contribution in [3.05, 3.63) is 46.6 Å². The Hall–Kier alpha value is -2.95. The second kappa shape index (κ2) is 4.53. The van der Waals surface area contributed by atoms with Gasteiger partial charge in [-0.05, 0) is 30.3 Å². The van der Waals surface area contributed by atoms with Crippen LogP contribution >= 0.6 is 0 Å². The predicted molar refractivity (Wildman–Crippen MR) is 82.9 cm³/mol. The second-order valence-electron chi connectivity index (χ2n) is 4.92. The molecule has 0 aliphatic rings. The molecule has 4 aromatic rings. The van der Waals surface area contributed by atoms with Gasteiger partial charge in [-0.15, -0.1) is 0 Å². The maximum absolute atomic E-state index is 12.6. The maximum Gasteiger partial charge on any atom is 0.235 e. The van der Waals surface area contributed by atoms with Gasteiger partial charge in [-0.1, -0.05) is 0 Å². The maximum atomic E-state index is 12.6. The van der Waals surface area contributed by atoms with Gasteiger partial charge in [0.25, 0.3) is 0 Å². The van der Waals surface area contributed by atoms with Crippen LogP contribution in [0.25, 0.3) is 33.1 Å². The Bertz CT molecular complexity index is 1070. The van der Waals surface area contributed by atoms with E-state index in [2.05, 4.69) is 0 Å². The third-order valence-electron chi connectivity index (χ3n) is 3.70. The number of fused-ring (bicyclic) bond motifs is 4. The van der Waals surface area contributed by atoms with Gasteiger partial charge >= 0.3 is 0 Å². The van der Waals surface area contributed by atoms with E-state index in [4.69, 9.17) is 18.3 Å². The molecule has 0 spiro atoms. The highest BCUT2D eigenvalue weighted by molar-refractivity contribution is 6.04. The van der Waals surface area contributed by atoms with E-state index >= 15 is 0 Å². The van der Waals surface area contributed by atoms with Crippen LogP contribution < -0.4 is 14.9 Å². The minimum Gasteiger partial charge on any atom is -0.497 e. The van der Waals surface area contributed by atoms with E-state index in [1.165, 1.54) is 0 Å². The lowest BCUT2D eigenvalue weighted by Gasteiger charge is -2.01. The summed E-state index contributed by atoms with van der Waals surface area (Å²) in [6.07, 6.45) is 0. The fourth-order valence-corrected chi connectivity index (χ4v) is 2.57. The van der Waals surface area contributed by atoms with Gasteiger partial charge in [0.15, 0.2) is 5.58 Å². The van der Waals surface area contributed by atoms with E-state index in [0.717, 1.165) is 0 Å². The highest BCUT2D eigenvalue weighted by Crippen LogP contribution is 2.32. The van der Waals surface area contributed by atoms with E-state index in [1.807, 2.05) is 0 Å². The smallest absolute Gasteiger partial charge is 0.235 e. The number of hydrogen-bond donors (Lipinski definition) is 0. The summed E-state index contributed by atoms with van der Waals surface area (Å²) in [5.41, 5.74) is 1.47. The van der Waals surface area contributed by atoms with E-state index in [0.29, 0.717) is 39.0 Å². The van der Waals surface area contributed by atoms with Crippen LogP contribution in [0, 0.1) is 0 Å². The first-order valence-corrected chi connectivity index (χ1v) is 6.72. The molecule has 0 aliphatic heterocycles.